The molecule has 27 heavy (non-hydrogen) atoms. The summed E-state index contributed by atoms with van der Waals surface area (Å²) in [6, 6.07) is 2.32. The van der Waals surface area contributed by atoms with Gasteiger partial charge in [0, 0.05) is 38.8 Å². The molecule has 1 fully saturated rings. The summed E-state index contributed by atoms with van der Waals surface area (Å²) >= 11 is 0. The van der Waals surface area contributed by atoms with Gasteiger partial charge in [-0.15, -0.1) is 24.0 Å². The van der Waals surface area contributed by atoms with Crippen LogP contribution in [0, 0.1) is 0 Å². The van der Waals surface area contributed by atoms with Crippen LogP contribution < -0.4 is 16.0 Å². The highest BCUT2D eigenvalue weighted by atomic mass is 127. The third kappa shape index (κ3) is 8.46. The predicted molar refractivity (Wildman–Crippen MR) is 117 cm³/mol. The highest BCUT2D eigenvalue weighted by Crippen LogP contribution is 2.10. The molecule has 1 aliphatic rings. The Balaban J connectivity index is 0.00000364. The van der Waals surface area contributed by atoms with Crippen molar-refractivity contribution in [3.63, 3.8) is 0 Å². The monoisotopic (exact) mass is 492 g/mol. The molecule has 0 spiro atoms. The van der Waals surface area contributed by atoms with Crippen LogP contribution in [0.3, 0.4) is 0 Å². The van der Waals surface area contributed by atoms with E-state index in [1.807, 2.05) is 6.07 Å². The van der Waals surface area contributed by atoms with Gasteiger partial charge in [-0.1, -0.05) is 19.0 Å². The van der Waals surface area contributed by atoms with Crippen LogP contribution in [-0.2, 0) is 17.8 Å². The Labute approximate surface area is 178 Å². The molecule has 8 nitrogen and oxygen atoms in total. The Morgan fingerprint density at radius 3 is 2.67 bits per heavy atom. The molecule has 1 amide bonds. The first kappa shape index (κ1) is 23.7. The van der Waals surface area contributed by atoms with Crippen LogP contribution in [0.1, 0.15) is 44.6 Å². The number of rotatable bonds is 8. The lowest BCUT2D eigenvalue weighted by molar-refractivity contribution is -0.122. The first-order chi connectivity index (χ1) is 12.6. The summed E-state index contributed by atoms with van der Waals surface area (Å²) in [5.41, 5.74) is 0.958. The number of likely N-dealkylation sites (tertiary alicyclic amines) is 1. The number of hydrogen-bond donors (Lipinski definition) is 3. The summed E-state index contributed by atoms with van der Waals surface area (Å²) in [7, 11) is 1.76. The van der Waals surface area contributed by atoms with E-state index in [-0.39, 0.29) is 29.9 Å². The fraction of sp³-hybridized carbons (Fsp3) is 0.722. The maximum Gasteiger partial charge on any atom is 0.234 e. The van der Waals surface area contributed by atoms with Crippen molar-refractivity contribution in [3.8, 4) is 0 Å². The Morgan fingerprint density at radius 2 is 2.07 bits per heavy atom. The predicted octanol–water partition coefficient (Wildman–Crippen LogP) is 1.51. The molecule has 3 N–H and O–H groups in total. The van der Waals surface area contributed by atoms with Gasteiger partial charge in [0.1, 0.15) is 0 Å². The van der Waals surface area contributed by atoms with Crippen LogP contribution in [0.25, 0.3) is 0 Å². The van der Waals surface area contributed by atoms with Gasteiger partial charge in [0.25, 0.3) is 0 Å². The van der Waals surface area contributed by atoms with Crippen molar-refractivity contribution in [3.05, 3.63) is 17.5 Å². The number of carbonyl (C=O) groups excluding carboxylic acids is 1. The fourth-order valence-corrected chi connectivity index (χ4v) is 2.92. The minimum atomic E-state index is 0. The van der Waals surface area contributed by atoms with Crippen LogP contribution in [0.2, 0.25) is 0 Å². The number of nitrogens with one attached hydrogen (secondary N) is 3. The summed E-state index contributed by atoms with van der Waals surface area (Å²) in [5.74, 6) is 1.69. The normalized spacial score (nSPS) is 15.9. The lowest BCUT2D eigenvalue weighted by Gasteiger charge is -2.32. The molecule has 0 atom stereocenters. The van der Waals surface area contributed by atoms with Gasteiger partial charge in [0.2, 0.25) is 5.91 Å². The van der Waals surface area contributed by atoms with Gasteiger partial charge < -0.3 is 20.5 Å². The highest BCUT2D eigenvalue weighted by Gasteiger charge is 2.21. The average Bonchev–Trinajstić information content (AvgIpc) is 3.13. The Morgan fingerprint density at radius 1 is 1.33 bits per heavy atom. The second-order valence-corrected chi connectivity index (χ2v) is 6.61. The summed E-state index contributed by atoms with van der Waals surface area (Å²) in [6.07, 6.45) is 3.82. The average molecular weight is 492 g/mol. The van der Waals surface area contributed by atoms with E-state index in [1.165, 1.54) is 0 Å². The Bertz CT molecular complexity index is 584. The molecule has 1 aromatic heterocycles. The number of aliphatic imine (C=N–C) groups is 1. The van der Waals surface area contributed by atoms with Crippen molar-refractivity contribution < 1.29 is 9.32 Å². The standard InChI is InChI=1S/C18H32N6O2.HI/c1-4-8-20-17(25)13-24-9-6-15(7-10-24)22-18(19-3)21-12-16-11-14(5-2)23-26-16;/h11,15H,4-10,12-13H2,1-3H3,(H,20,25)(H2,19,21,22);1H. The maximum atomic E-state index is 11.8. The number of amides is 1. The molecule has 0 aliphatic carbocycles. The molecule has 9 heteroatoms. The molecule has 2 heterocycles. The second-order valence-electron chi connectivity index (χ2n) is 6.61. The zero-order valence-electron chi connectivity index (χ0n) is 16.6. The minimum absolute atomic E-state index is 0. The molecule has 1 saturated heterocycles. The van der Waals surface area contributed by atoms with E-state index < -0.39 is 0 Å². The molecule has 0 bridgehead atoms. The molecule has 0 saturated carbocycles. The molecule has 154 valence electrons. The zero-order valence-corrected chi connectivity index (χ0v) is 18.9. The second kappa shape index (κ2) is 12.9. The number of halogens is 1. The van der Waals surface area contributed by atoms with Crippen LogP contribution >= 0.6 is 24.0 Å². The summed E-state index contributed by atoms with van der Waals surface area (Å²) in [6.45, 7) is 7.74. The molecular formula is C18H33IN6O2. The summed E-state index contributed by atoms with van der Waals surface area (Å²) < 4.78 is 5.28. The van der Waals surface area contributed by atoms with Crippen molar-refractivity contribution in [2.24, 2.45) is 4.99 Å². The van der Waals surface area contributed by atoms with Crippen molar-refractivity contribution in [2.45, 2.75) is 52.1 Å². The number of piperidine rings is 1. The number of guanidine groups is 1. The van der Waals surface area contributed by atoms with Crippen LogP contribution in [0.15, 0.2) is 15.6 Å². The van der Waals surface area contributed by atoms with Crippen LogP contribution in [0.4, 0.5) is 0 Å². The van der Waals surface area contributed by atoms with E-state index in [4.69, 9.17) is 4.52 Å². The van der Waals surface area contributed by atoms with Crippen molar-refractivity contribution >= 4 is 35.8 Å². The summed E-state index contributed by atoms with van der Waals surface area (Å²) in [5, 5.41) is 13.6. The molecule has 1 aromatic rings. The third-order valence-electron chi connectivity index (χ3n) is 4.49. The molecule has 0 aromatic carbocycles. The SMILES string of the molecule is CCCNC(=O)CN1CCC(NC(=NC)NCc2cc(CC)no2)CC1.I. The molecule has 0 unspecified atom stereocenters. The van der Waals surface area contributed by atoms with Gasteiger partial charge in [-0.05, 0) is 25.7 Å². The molecule has 1 aliphatic heterocycles. The lowest BCUT2D eigenvalue weighted by atomic mass is 10.1. The van der Waals surface area contributed by atoms with Gasteiger partial charge in [-0.2, -0.15) is 0 Å². The fourth-order valence-electron chi connectivity index (χ4n) is 2.92. The third-order valence-corrected chi connectivity index (χ3v) is 4.49. The van der Waals surface area contributed by atoms with E-state index in [0.29, 0.717) is 19.1 Å². The quantitative estimate of drug-likeness (QED) is 0.290. The van der Waals surface area contributed by atoms with Crippen molar-refractivity contribution in [1.29, 1.82) is 0 Å². The number of hydrogen-bond acceptors (Lipinski definition) is 5. The van der Waals surface area contributed by atoms with Crippen molar-refractivity contribution in [2.75, 3.05) is 33.2 Å². The smallest absolute Gasteiger partial charge is 0.234 e. The van der Waals surface area contributed by atoms with Gasteiger partial charge in [0.05, 0.1) is 18.8 Å². The highest BCUT2D eigenvalue weighted by molar-refractivity contribution is 14.0. The largest absolute Gasteiger partial charge is 0.359 e. The van der Waals surface area contributed by atoms with E-state index in [0.717, 1.165) is 62.7 Å². The Kier molecular flexibility index (Phi) is 11.3. The maximum absolute atomic E-state index is 11.8. The zero-order chi connectivity index (χ0) is 18.8. The van der Waals surface area contributed by atoms with Gasteiger partial charge >= 0.3 is 0 Å². The summed E-state index contributed by atoms with van der Waals surface area (Å²) in [4.78, 5) is 18.3. The number of nitrogens with zero attached hydrogens (tertiary/aromatic N) is 3. The van der Waals surface area contributed by atoms with E-state index >= 15 is 0 Å². The molecule has 0 radical (unpaired) electrons. The number of aryl methyl sites for hydroxylation is 1. The van der Waals surface area contributed by atoms with Gasteiger partial charge in [-0.3, -0.25) is 14.7 Å². The van der Waals surface area contributed by atoms with E-state index in [9.17, 15) is 4.79 Å². The van der Waals surface area contributed by atoms with Crippen molar-refractivity contribution in [1.82, 2.24) is 26.0 Å². The van der Waals surface area contributed by atoms with Gasteiger partial charge in [-0.25, -0.2) is 0 Å². The first-order valence-corrected chi connectivity index (χ1v) is 9.55. The topological polar surface area (TPSA) is 94.8 Å². The number of aromatic nitrogens is 1. The minimum Gasteiger partial charge on any atom is -0.359 e. The molecule has 2 rings (SSSR count). The van der Waals surface area contributed by atoms with Gasteiger partial charge in [0.15, 0.2) is 11.7 Å². The molecular weight excluding hydrogens is 459 g/mol. The van der Waals surface area contributed by atoms with Crippen LogP contribution in [-0.4, -0.2) is 61.2 Å². The van der Waals surface area contributed by atoms with Crippen LogP contribution in [0.5, 0.6) is 0 Å². The van der Waals surface area contributed by atoms with E-state index in [1.54, 1.807) is 7.05 Å². The van der Waals surface area contributed by atoms with E-state index in [2.05, 4.69) is 44.8 Å². The first-order valence-electron chi connectivity index (χ1n) is 9.55. The Hall–Kier alpha value is -1.36. The lowest BCUT2D eigenvalue weighted by Crippen LogP contribution is -2.50. The number of carbonyl (C=O) groups is 1.